The second kappa shape index (κ2) is 13.7. The molecule has 0 bridgehead atoms. The molecule has 47 heavy (non-hydrogen) atoms. The second-order valence-electron chi connectivity index (χ2n) is 14.1. The Hall–Kier alpha value is -3.80. The van der Waals surface area contributed by atoms with Gasteiger partial charge in [-0.1, -0.05) is 19.9 Å². The van der Waals surface area contributed by atoms with Gasteiger partial charge in [-0.25, -0.2) is 4.39 Å². The average Bonchev–Trinajstić information content (AvgIpc) is 3.95. The summed E-state index contributed by atoms with van der Waals surface area (Å²) >= 11 is 0. The number of fused-ring (bicyclic) bond motifs is 1. The number of nitrogens with zero attached hydrogens (tertiary/aromatic N) is 4. The summed E-state index contributed by atoms with van der Waals surface area (Å²) in [6.07, 6.45) is 5.84. The molecule has 3 N–H and O–H groups in total. The third-order valence-electron chi connectivity index (χ3n) is 10.7. The van der Waals surface area contributed by atoms with Crippen molar-refractivity contribution in [1.82, 2.24) is 30.2 Å². The van der Waals surface area contributed by atoms with Crippen LogP contribution in [-0.4, -0.2) is 88.5 Å². The summed E-state index contributed by atoms with van der Waals surface area (Å²) < 4.78 is 17.3. The number of carbonyl (C=O) groups excluding carboxylic acids is 4. The van der Waals surface area contributed by atoms with Gasteiger partial charge in [0.2, 0.25) is 17.7 Å². The first kappa shape index (κ1) is 33.1. The topological polar surface area (TPSA) is 129 Å². The lowest BCUT2D eigenvalue weighted by molar-refractivity contribution is -0.136. The number of benzene rings is 1. The first-order chi connectivity index (χ1) is 22.6. The molecule has 1 aromatic heterocycles. The van der Waals surface area contributed by atoms with Gasteiger partial charge in [0.1, 0.15) is 23.6 Å². The van der Waals surface area contributed by atoms with Crippen molar-refractivity contribution in [3.8, 4) is 0 Å². The Balaban J connectivity index is 1.18. The van der Waals surface area contributed by atoms with Crippen molar-refractivity contribution in [3.05, 3.63) is 47.5 Å². The molecule has 2 aliphatic carbocycles. The van der Waals surface area contributed by atoms with E-state index in [1.807, 2.05) is 18.7 Å². The fourth-order valence-corrected chi connectivity index (χ4v) is 7.82. The van der Waals surface area contributed by atoms with Gasteiger partial charge in [0.05, 0.1) is 5.69 Å². The fourth-order valence-electron chi connectivity index (χ4n) is 7.82. The predicted molar refractivity (Wildman–Crippen MR) is 175 cm³/mol. The lowest BCUT2D eigenvalue weighted by Crippen LogP contribution is -2.51. The molecule has 2 saturated carbocycles. The van der Waals surface area contributed by atoms with Crippen molar-refractivity contribution in [1.29, 1.82) is 0 Å². The van der Waals surface area contributed by atoms with Gasteiger partial charge in [-0.3, -0.25) is 23.9 Å². The third-order valence-corrected chi connectivity index (χ3v) is 10.7. The first-order valence-corrected chi connectivity index (χ1v) is 17.3. The van der Waals surface area contributed by atoms with E-state index < -0.39 is 29.7 Å². The van der Waals surface area contributed by atoms with Crippen LogP contribution in [0.25, 0.3) is 0 Å². The number of aryl methyl sites for hydroxylation is 1. The number of likely N-dealkylation sites (tertiary alicyclic amines) is 2. The minimum absolute atomic E-state index is 0.00565. The number of anilines is 1. The van der Waals surface area contributed by atoms with E-state index >= 15 is 4.39 Å². The van der Waals surface area contributed by atoms with E-state index in [1.165, 1.54) is 12.1 Å². The zero-order chi connectivity index (χ0) is 33.4. The molecule has 0 unspecified atom stereocenters. The quantitative estimate of drug-likeness (QED) is 0.306. The van der Waals surface area contributed by atoms with Crippen molar-refractivity contribution >= 4 is 29.3 Å². The van der Waals surface area contributed by atoms with Crippen LogP contribution < -0.4 is 16.0 Å². The molecule has 1 aromatic carbocycles. The number of carbonyl (C=O) groups is 4. The number of hydrogen-bond donors (Lipinski definition) is 3. The van der Waals surface area contributed by atoms with Crippen LogP contribution in [0.3, 0.4) is 0 Å². The van der Waals surface area contributed by atoms with Crippen LogP contribution in [0.4, 0.5) is 10.1 Å². The van der Waals surface area contributed by atoms with Gasteiger partial charge in [0.25, 0.3) is 5.91 Å². The fraction of sp³-hybridized carbons (Fsp3) is 0.629. The molecular weight excluding hydrogens is 601 g/mol. The first-order valence-electron chi connectivity index (χ1n) is 17.3. The maximum atomic E-state index is 15.7. The summed E-state index contributed by atoms with van der Waals surface area (Å²) in [7, 11) is 2.09. The number of aromatic nitrogens is 2. The number of rotatable bonds is 13. The molecule has 4 aliphatic rings. The number of hydrogen-bond acceptors (Lipinski definition) is 6. The van der Waals surface area contributed by atoms with Gasteiger partial charge in [-0.15, -0.1) is 0 Å². The molecule has 4 fully saturated rings. The molecule has 5 atom stereocenters. The molecule has 12 heteroatoms. The van der Waals surface area contributed by atoms with Gasteiger partial charge >= 0.3 is 0 Å². The highest BCUT2D eigenvalue weighted by Gasteiger charge is 2.49. The Bertz CT molecular complexity index is 1480. The van der Waals surface area contributed by atoms with Crippen LogP contribution in [0.1, 0.15) is 74.8 Å². The largest absolute Gasteiger partial charge is 0.344 e. The van der Waals surface area contributed by atoms with E-state index in [4.69, 9.17) is 0 Å². The minimum atomic E-state index is -0.840. The lowest BCUT2D eigenvalue weighted by Gasteiger charge is -2.30. The molecule has 6 rings (SSSR count). The molecule has 4 amide bonds. The summed E-state index contributed by atoms with van der Waals surface area (Å²) in [6.45, 7) is 9.17. The van der Waals surface area contributed by atoms with Crippen LogP contribution in [-0.2, 0) is 20.9 Å². The van der Waals surface area contributed by atoms with Crippen molar-refractivity contribution < 1.29 is 23.6 Å². The molecule has 0 spiro atoms. The number of halogens is 1. The Morgan fingerprint density at radius 3 is 2.17 bits per heavy atom. The van der Waals surface area contributed by atoms with Crippen molar-refractivity contribution in [2.45, 2.75) is 77.4 Å². The van der Waals surface area contributed by atoms with E-state index in [1.54, 1.807) is 29.9 Å². The van der Waals surface area contributed by atoms with Crippen LogP contribution in [0.5, 0.6) is 0 Å². The second-order valence-corrected chi connectivity index (χ2v) is 14.1. The zero-order valence-corrected chi connectivity index (χ0v) is 27.9. The lowest BCUT2D eigenvalue weighted by atomic mass is 9.88. The molecule has 2 aromatic rings. The van der Waals surface area contributed by atoms with Gasteiger partial charge in [0, 0.05) is 51.3 Å². The van der Waals surface area contributed by atoms with E-state index in [0.717, 1.165) is 38.8 Å². The van der Waals surface area contributed by atoms with Crippen molar-refractivity contribution in [2.24, 2.45) is 29.6 Å². The van der Waals surface area contributed by atoms with Crippen LogP contribution in [0, 0.1) is 35.4 Å². The predicted octanol–water partition coefficient (Wildman–Crippen LogP) is 3.23. The Morgan fingerprint density at radius 1 is 0.936 bits per heavy atom. The van der Waals surface area contributed by atoms with E-state index in [2.05, 4.69) is 33.0 Å². The molecule has 0 radical (unpaired) electrons. The summed E-state index contributed by atoms with van der Waals surface area (Å²) in [5.41, 5.74) is 0.927. The molecule has 2 aliphatic heterocycles. The highest BCUT2D eigenvalue weighted by molar-refractivity contribution is 6.01. The molecule has 2 saturated heterocycles. The van der Waals surface area contributed by atoms with E-state index in [9.17, 15) is 19.2 Å². The van der Waals surface area contributed by atoms with Crippen LogP contribution in [0.2, 0.25) is 0 Å². The average molecular weight is 650 g/mol. The highest BCUT2D eigenvalue weighted by atomic mass is 19.1. The van der Waals surface area contributed by atoms with Crippen LogP contribution >= 0.6 is 0 Å². The maximum absolute atomic E-state index is 15.7. The summed E-state index contributed by atoms with van der Waals surface area (Å²) in [5, 5.41) is 12.8. The SMILES string of the molecule is CCC(=O)N[C@@H](C(=O)N1C[C@H]2CN(C)C[C@H]2C1)[C@@H](C)c1ccc(NC(=O)[C@@H](NC(=O)c2ccnn2CC)C(C2CC2)C2CC2)c(F)c1. The van der Waals surface area contributed by atoms with Gasteiger partial charge in [-0.2, -0.15) is 5.10 Å². The molecule has 3 heterocycles. The highest BCUT2D eigenvalue weighted by Crippen LogP contribution is 2.51. The van der Waals surface area contributed by atoms with Gasteiger partial charge in [0.15, 0.2) is 0 Å². The smallest absolute Gasteiger partial charge is 0.270 e. The minimum Gasteiger partial charge on any atom is -0.344 e. The summed E-state index contributed by atoms with van der Waals surface area (Å²) in [4.78, 5) is 57.6. The third kappa shape index (κ3) is 7.22. The Kier molecular flexibility index (Phi) is 9.68. The van der Waals surface area contributed by atoms with Crippen molar-refractivity contribution in [3.63, 3.8) is 0 Å². The van der Waals surface area contributed by atoms with Gasteiger partial charge < -0.3 is 25.8 Å². The Labute approximate surface area is 276 Å². The maximum Gasteiger partial charge on any atom is 0.270 e. The summed E-state index contributed by atoms with van der Waals surface area (Å²) in [6, 6.07) is 4.51. The summed E-state index contributed by atoms with van der Waals surface area (Å²) in [5.74, 6) is -0.831. The normalized spacial score (nSPS) is 22.9. The molecule has 11 nitrogen and oxygen atoms in total. The molecule has 254 valence electrons. The zero-order valence-electron chi connectivity index (χ0n) is 27.9. The monoisotopic (exact) mass is 649 g/mol. The van der Waals surface area contributed by atoms with Crippen molar-refractivity contribution in [2.75, 3.05) is 38.5 Å². The van der Waals surface area contributed by atoms with Crippen LogP contribution in [0.15, 0.2) is 30.5 Å². The Morgan fingerprint density at radius 2 is 1.60 bits per heavy atom. The van der Waals surface area contributed by atoms with E-state index in [0.29, 0.717) is 54.6 Å². The number of amides is 4. The van der Waals surface area contributed by atoms with Gasteiger partial charge in [-0.05, 0) is 93.0 Å². The standard InChI is InChI=1S/C35H48FN7O4/c1-5-29(44)39-31(35(47)42-18-24-16-41(4)17-25(24)19-42)20(3)23-11-12-27(26(36)15-23)38-34(46)32(30(21-7-8-21)22-9-10-22)40-33(45)28-13-14-37-43(28)6-2/h11-15,20-22,24-25,30-32H,5-10,16-19H2,1-4H3,(H,38,46)(H,39,44)(H,40,45)/t20-,24-,25+,31+,32-/m0/s1. The molecular formula is C35H48FN7O4. The number of nitrogens with one attached hydrogen (secondary N) is 3. The van der Waals surface area contributed by atoms with E-state index in [-0.39, 0.29) is 35.7 Å².